The molecule has 0 aliphatic rings. The van der Waals surface area contributed by atoms with Crippen molar-refractivity contribution in [3.05, 3.63) is 12.2 Å². The van der Waals surface area contributed by atoms with Crippen LogP contribution in [0.25, 0.3) is 0 Å². The van der Waals surface area contributed by atoms with Gasteiger partial charge in [0.15, 0.2) is 0 Å². The number of ether oxygens (including phenoxy) is 1. The Balaban J connectivity index is 3.15. The standard InChI is InChI=1S/C59H116O2/c1-3-5-7-9-11-13-15-17-19-21-23-25-26-27-28-29-30-31-32-33-34-35-36-38-40-42-44-46-48-50-52-54-56-58-61-59(60)57-55-53-51-49-47-45-43-41-39-37-24-22-20-18-16-14-12-10-8-6-4-2/h18,20H,3-17,19,21-58H2,1-2H3. The number of hydrogen-bond donors (Lipinski definition) is 0. The highest BCUT2D eigenvalue weighted by Crippen LogP contribution is 2.18. The monoisotopic (exact) mass is 857 g/mol. The molecule has 0 aliphatic heterocycles. The number of carbonyl (C=O) groups is 1. The van der Waals surface area contributed by atoms with Crippen LogP contribution in [0.3, 0.4) is 0 Å². The molecule has 0 bridgehead atoms. The second-order valence-corrected chi connectivity index (χ2v) is 20.0. The highest BCUT2D eigenvalue weighted by atomic mass is 16.5. The summed E-state index contributed by atoms with van der Waals surface area (Å²) in [6.45, 7) is 5.23. The molecule has 2 nitrogen and oxygen atoms in total. The van der Waals surface area contributed by atoms with Crippen LogP contribution in [0.15, 0.2) is 12.2 Å². The third-order valence-electron chi connectivity index (χ3n) is 13.7. The largest absolute Gasteiger partial charge is 0.466 e. The van der Waals surface area contributed by atoms with Crippen molar-refractivity contribution in [1.82, 2.24) is 0 Å². The molecule has 0 spiro atoms. The first kappa shape index (κ1) is 60.2. The van der Waals surface area contributed by atoms with Crippen LogP contribution < -0.4 is 0 Å². The Morgan fingerprint density at radius 3 is 0.705 bits per heavy atom. The third kappa shape index (κ3) is 57.2. The molecule has 0 radical (unpaired) electrons. The van der Waals surface area contributed by atoms with E-state index < -0.39 is 0 Å². The molecule has 0 heterocycles. The van der Waals surface area contributed by atoms with Crippen LogP contribution in [0.4, 0.5) is 0 Å². The quantitative estimate of drug-likeness (QED) is 0.0346. The first-order valence-electron chi connectivity index (χ1n) is 29.1. The molecule has 0 N–H and O–H groups in total. The lowest BCUT2D eigenvalue weighted by molar-refractivity contribution is -0.143. The molecule has 0 aliphatic carbocycles. The molecule has 364 valence electrons. The van der Waals surface area contributed by atoms with E-state index >= 15 is 0 Å². The fraction of sp³-hybridized carbons (Fsp3) is 0.949. The molecule has 0 atom stereocenters. The van der Waals surface area contributed by atoms with E-state index in [4.69, 9.17) is 4.74 Å². The van der Waals surface area contributed by atoms with E-state index in [1.54, 1.807) is 0 Å². The number of rotatable bonds is 55. The van der Waals surface area contributed by atoms with Crippen LogP contribution in [-0.4, -0.2) is 12.6 Å². The van der Waals surface area contributed by atoms with Crippen molar-refractivity contribution >= 4 is 5.97 Å². The lowest BCUT2D eigenvalue weighted by atomic mass is 10.0. The van der Waals surface area contributed by atoms with Gasteiger partial charge in [0.1, 0.15) is 0 Å². The molecule has 0 rings (SSSR count). The Labute approximate surface area is 386 Å². The predicted molar refractivity (Wildman–Crippen MR) is 276 cm³/mol. The van der Waals surface area contributed by atoms with Gasteiger partial charge in [0.25, 0.3) is 0 Å². The van der Waals surface area contributed by atoms with Crippen LogP contribution in [-0.2, 0) is 9.53 Å². The summed E-state index contributed by atoms with van der Waals surface area (Å²) >= 11 is 0. The van der Waals surface area contributed by atoms with E-state index in [-0.39, 0.29) is 5.97 Å². The Morgan fingerprint density at radius 1 is 0.262 bits per heavy atom. The van der Waals surface area contributed by atoms with Crippen LogP contribution in [0.5, 0.6) is 0 Å². The van der Waals surface area contributed by atoms with Gasteiger partial charge in [0.05, 0.1) is 6.61 Å². The van der Waals surface area contributed by atoms with Crippen molar-refractivity contribution in [3.63, 3.8) is 0 Å². The molecule has 61 heavy (non-hydrogen) atoms. The summed E-state index contributed by atoms with van der Waals surface area (Å²) in [5.41, 5.74) is 0. The second kappa shape index (κ2) is 57.2. The topological polar surface area (TPSA) is 26.3 Å². The second-order valence-electron chi connectivity index (χ2n) is 20.0. The van der Waals surface area contributed by atoms with Crippen molar-refractivity contribution in [2.24, 2.45) is 0 Å². The molecule has 0 aromatic heterocycles. The number of hydrogen-bond acceptors (Lipinski definition) is 2. The number of carbonyl (C=O) groups excluding carboxylic acids is 1. The van der Waals surface area contributed by atoms with Crippen LogP contribution in [0, 0.1) is 0 Å². The minimum atomic E-state index is 0.0317. The van der Waals surface area contributed by atoms with Crippen molar-refractivity contribution < 1.29 is 9.53 Å². The van der Waals surface area contributed by atoms with Gasteiger partial charge < -0.3 is 4.74 Å². The normalized spacial score (nSPS) is 11.7. The Kier molecular flexibility index (Phi) is 56.5. The first-order chi connectivity index (χ1) is 30.3. The highest BCUT2D eigenvalue weighted by molar-refractivity contribution is 5.69. The van der Waals surface area contributed by atoms with Crippen molar-refractivity contribution in [1.29, 1.82) is 0 Å². The summed E-state index contributed by atoms with van der Waals surface area (Å²) in [6.07, 6.45) is 78.3. The lowest BCUT2D eigenvalue weighted by Gasteiger charge is -2.06. The van der Waals surface area contributed by atoms with E-state index in [1.165, 1.54) is 321 Å². The van der Waals surface area contributed by atoms with E-state index in [1.807, 2.05) is 0 Å². The number of allylic oxidation sites excluding steroid dienone is 2. The maximum absolute atomic E-state index is 12.1. The first-order valence-corrected chi connectivity index (χ1v) is 29.1. The molecule has 0 amide bonds. The van der Waals surface area contributed by atoms with E-state index in [0.717, 1.165) is 12.8 Å². The molecular formula is C59H116O2. The summed E-state index contributed by atoms with van der Waals surface area (Å²) in [4.78, 5) is 12.1. The van der Waals surface area contributed by atoms with Gasteiger partial charge in [-0.3, -0.25) is 4.79 Å². The molecule has 2 heteroatoms. The van der Waals surface area contributed by atoms with Crippen LogP contribution >= 0.6 is 0 Å². The van der Waals surface area contributed by atoms with Gasteiger partial charge in [0, 0.05) is 6.42 Å². The van der Waals surface area contributed by atoms with Gasteiger partial charge in [-0.2, -0.15) is 0 Å². The summed E-state index contributed by atoms with van der Waals surface area (Å²) < 4.78 is 5.51. The molecule has 0 fully saturated rings. The predicted octanol–water partition coefficient (Wildman–Crippen LogP) is 21.8. The summed E-state index contributed by atoms with van der Waals surface area (Å²) in [6, 6.07) is 0. The Bertz CT molecular complexity index is 803. The minimum absolute atomic E-state index is 0.0317. The van der Waals surface area contributed by atoms with Gasteiger partial charge in [0.2, 0.25) is 0 Å². The van der Waals surface area contributed by atoms with Crippen molar-refractivity contribution in [3.8, 4) is 0 Å². The maximum atomic E-state index is 12.1. The molecule has 0 unspecified atom stereocenters. The molecule has 0 saturated carbocycles. The van der Waals surface area contributed by atoms with Gasteiger partial charge >= 0.3 is 5.97 Å². The average Bonchev–Trinajstić information content (AvgIpc) is 3.27. The lowest BCUT2D eigenvalue weighted by Crippen LogP contribution is -2.05. The average molecular weight is 858 g/mol. The summed E-state index contributed by atoms with van der Waals surface area (Å²) in [5, 5.41) is 0. The molecular weight excluding hydrogens is 741 g/mol. The molecule has 0 saturated heterocycles. The van der Waals surface area contributed by atoms with Gasteiger partial charge in [-0.15, -0.1) is 0 Å². The van der Waals surface area contributed by atoms with Crippen molar-refractivity contribution in [2.45, 2.75) is 354 Å². The molecule has 0 aromatic carbocycles. The zero-order valence-corrected chi connectivity index (χ0v) is 42.7. The third-order valence-corrected chi connectivity index (χ3v) is 13.7. The fourth-order valence-corrected chi connectivity index (χ4v) is 9.31. The zero-order chi connectivity index (χ0) is 43.9. The van der Waals surface area contributed by atoms with Crippen molar-refractivity contribution in [2.75, 3.05) is 6.61 Å². The maximum Gasteiger partial charge on any atom is 0.305 e. The van der Waals surface area contributed by atoms with E-state index in [2.05, 4.69) is 26.0 Å². The number of unbranched alkanes of at least 4 members (excludes halogenated alkanes) is 49. The van der Waals surface area contributed by atoms with Gasteiger partial charge in [-0.25, -0.2) is 0 Å². The van der Waals surface area contributed by atoms with Crippen LogP contribution in [0.2, 0.25) is 0 Å². The van der Waals surface area contributed by atoms with Gasteiger partial charge in [-0.05, 0) is 38.5 Å². The minimum Gasteiger partial charge on any atom is -0.466 e. The smallest absolute Gasteiger partial charge is 0.305 e. The molecule has 0 aromatic rings. The fourth-order valence-electron chi connectivity index (χ4n) is 9.31. The SMILES string of the molecule is CCCCCCCCC=CCCCCCCCCCCCCCC(=O)OCCCCCCCCCCCCCCCCCCCCCCCCCCCCCCCCCCC. The zero-order valence-electron chi connectivity index (χ0n) is 42.7. The summed E-state index contributed by atoms with van der Waals surface area (Å²) in [7, 11) is 0. The van der Waals surface area contributed by atoms with E-state index in [0.29, 0.717) is 13.0 Å². The Morgan fingerprint density at radius 2 is 0.459 bits per heavy atom. The summed E-state index contributed by atoms with van der Waals surface area (Å²) in [5.74, 6) is 0.0317. The number of esters is 1. The van der Waals surface area contributed by atoms with Gasteiger partial charge in [-0.1, -0.05) is 321 Å². The Hall–Kier alpha value is -0.790. The van der Waals surface area contributed by atoms with Crippen LogP contribution in [0.1, 0.15) is 354 Å². The van der Waals surface area contributed by atoms with E-state index in [9.17, 15) is 4.79 Å². The highest BCUT2D eigenvalue weighted by Gasteiger charge is 2.03.